The zero-order valence-corrected chi connectivity index (χ0v) is 17.8. The molecule has 0 bridgehead atoms. The van der Waals surface area contributed by atoms with Crippen molar-refractivity contribution in [3.05, 3.63) is 71.9 Å². The first kappa shape index (κ1) is 21.4. The minimum atomic E-state index is -0.522. The van der Waals surface area contributed by atoms with E-state index >= 15 is 0 Å². The minimum absolute atomic E-state index is 0.115. The summed E-state index contributed by atoms with van der Waals surface area (Å²) >= 11 is 0. The van der Waals surface area contributed by atoms with Gasteiger partial charge in [0, 0.05) is 36.7 Å². The zero-order valence-electron chi connectivity index (χ0n) is 17.8. The van der Waals surface area contributed by atoms with Gasteiger partial charge >= 0.3 is 6.09 Å². The second-order valence-electron chi connectivity index (χ2n) is 8.21. The molecule has 0 spiro atoms. The molecule has 0 saturated carbocycles. The topological polar surface area (TPSA) is 72.4 Å². The molecule has 30 heavy (non-hydrogen) atoms. The van der Waals surface area contributed by atoms with E-state index in [1.165, 1.54) is 5.56 Å². The highest BCUT2D eigenvalue weighted by molar-refractivity contribution is 6.07. The fraction of sp³-hybridized carbons (Fsp3) is 0.333. The highest BCUT2D eigenvalue weighted by Crippen LogP contribution is 2.22. The van der Waals surface area contributed by atoms with Crippen molar-refractivity contribution in [1.82, 2.24) is 15.2 Å². The number of benzene rings is 2. The summed E-state index contributed by atoms with van der Waals surface area (Å²) in [6.45, 7) is 7.06. The quantitative estimate of drug-likeness (QED) is 0.573. The number of fused-ring (bicyclic) bond motifs is 1. The third kappa shape index (κ3) is 5.86. The number of alkyl carbamates (subject to hydrolysis) is 1. The number of rotatable bonds is 7. The second-order valence-corrected chi connectivity index (χ2v) is 8.21. The number of nitrogens with one attached hydrogen (secondary N) is 2. The van der Waals surface area contributed by atoms with Crippen LogP contribution < -0.4 is 10.6 Å². The molecule has 0 aliphatic carbocycles. The van der Waals surface area contributed by atoms with Crippen LogP contribution in [-0.4, -0.2) is 35.3 Å². The van der Waals surface area contributed by atoms with Crippen molar-refractivity contribution in [2.75, 3.05) is 13.1 Å². The lowest BCUT2D eigenvalue weighted by Gasteiger charge is -2.19. The summed E-state index contributed by atoms with van der Waals surface area (Å²) in [5, 5.41) is 6.57. The monoisotopic (exact) mass is 407 g/mol. The molecule has 6 heteroatoms. The molecule has 6 nitrogen and oxygen atoms in total. The van der Waals surface area contributed by atoms with Crippen LogP contribution in [0.25, 0.3) is 10.9 Å². The molecule has 2 N–H and O–H groups in total. The van der Waals surface area contributed by atoms with E-state index in [1.807, 2.05) is 69.4 Å². The average molecular weight is 408 g/mol. The van der Waals surface area contributed by atoms with Gasteiger partial charge in [0.15, 0.2) is 0 Å². The number of carbonyl (C=O) groups is 2. The van der Waals surface area contributed by atoms with Crippen LogP contribution in [0.3, 0.4) is 0 Å². The van der Waals surface area contributed by atoms with Gasteiger partial charge in [0.05, 0.1) is 5.56 Å². The van der Waals surface area contributed by atoms with Crippen molar-refractivity contribution < 1.29 is 14.3 Å². The number of aromatic nitrogens is 1. The molecule has 3 aromatic rings. The highest BCUT2D eigenvalue weighted by atomic mass is 16.6. The predicted octanol–water partition coefficient (Wildman–Crippen LogP) is 4.33. The van der Waals surface area contributed by atoms with Crippen molar-refractivity contribution in [1.29, 1.82) is 0 Å². The van der Waals surface area contributed by atoms with Crippen LogP contribution in [0.1, 0.15) is 43.1 Å². The van der Waals surface area contributed by atoms with E-state index in [2.05, 4.69) is 27.3 Å². The lowest BCUT2D eigenvalue weighted by molar-refractivity contribution is 0.0527. The number of carbonyl (C=O) groups excluding carboxylic acids is 2. The maximum Gasteiger partial charge on any atom is 0.407 e. The Kier molecular flexibility index (Phi) is 6.77. The van der Waals surface area contributed by atoms with Crippen molar-refractivity contribution in [2.45, 2.75) is 39.3 Å². The number of hydrogen-bond acceptors (Lipinski definition) is 3. The lowest BCUT2D eigenvalue weighted by atomic mass is 10.1. The van der Waals surface area contributed by atoms with Crippen LogP contribution >= 0.6 is 0 Å². The number of hydrogen-bond donors (Lipinski definition) is 2. The number of nitrogens with zero attached hydrogens (tertiary/aromatic N) is 1. The molecule has 0 atom stereocenters. The predicted molar refractivity (Wildman–Crippen MR) is 119 cm³/mol. The Morgan fingerprint density at radius 1 is 0.933 bits per heavy atom. The van der Waals surface area contributed by atoms with Crippen LogP contribution in [0.5, 0.6) is 0 Å². The van der Waals surface area contributed by atoms with Gasteiger partial charge in [-0.05, 0) is 38.8 Å². The molecule has 0 aliphatic rings. The fourth-order valence-electron chi connectivity index (χ4n) is 3.23. The van der Waals surface area contributed by atoms with E-state index in [-0.39, 0.29) is 5.91 Å². The molecular formula is C24H29N3O3. The Hall–Kier alpha value is -3.28. The van der Waals surface area contributed by atoms with Gasteiger partial charge in [-0.3, -0.25) is 4.79 Å². The Bertz CT molecular complexity index is 1000. The molecule has 1 aromatic heterocycles. The maximum atomic E-state index is 12.8. The lowest BCUT2D eigenvalue weighted by Crippen LogP contribution is -2.34. The van der Waals surface area contributed by atoms with Gasteiger partial charge in [-0.2, -0.15) is 0 Å². The molecule has 0 unspecified atom stereocenters. The molecular weight excluding hydrogens is 378 g/mol. The van der Waals surface area contributed by atoms with Crippen molar-refractivity contribution in [3.8, 4) is 0 Å². The van der Waals surface area contributed by atoms with Crippen LogP contribution in [0.2, 0.25) is 0 Å². The molecule has 158 valence electrons. The first-order valence-electron chi connectivity index (χ1n) is 10.2. The van der Waals surface area contributed by atoms with Crippen molar-refractivity contribution >= 4 is 22.9 Å². The molecule has 1 heterocycles. The van der Waals surface area contributed by atoms with Crippen LogP contribution in [-0.2, 0) is 11.3 Å². The van der Waals surface area contributed by atoms with Gasteiger partial charge < -0.3 is 19.9 Å². The average Bonchev–Trinajstić information content (AvgIpc) is 3.06. The summed E-state index contributed by atoms with van der Waals surface area (Å²) in [4.78, 5) is 24.4. The molecule has 0 saturated heterocycles. The van der Waals surface area contributed by atoms with Gasteiger partial charge in [0.25, 0.3) is 5.91 Å². The van der Waals surface area contributed by atoms with E-state index in [9.17, 15) is 9.59 Å². The highest BCUT2D eigenvalue weighted by Gasteiger charge is 2.16. The van der Waals surface area contributed by atoms with Gasteiger partial charge in [-0.15, -0.1) is 0 Å². The molecule has 0 radical (unpaired) electrons. The number of para-hydroxylation sites is 1. The van der Waals surface area contributed by atoms with E-state index in [4.69, 9.17) is 4.74 Å². The fourth-order valence-corrected chi connectivity index (χ4v) is 3.23. The smallest absolute Gasteiger partial charge is 0.407 e. The molecule has 0 fully saturated rings. The second kappa shape index (κ2) is 9.48. The summed E-state index contributed by atoms with van der Waals surface area (Å²) in [7, 11) is 0. The minimum Gasteiger partial charge on any atom is -0.444 e. The summed E-state index contributed by atoms with van der Waals surface area (Å²) in [6.07, 6.45) is 2.08. The summed E-state index contributed by atoms with van der Waals surface area (Å²) in [6, 6.07) is 18.1. The SMILES string of the molecule is CC(C)(C)OC(=O)NCCCNC(=O)c1cn(Cc2ccccc2)c2ccccc12. The summed E-state index contributed by atoms with van der Waals surface area (Å²) < 4.78 is 7.30. The van der Waals surface area contributed by atoms with Crippen LogP contribution in [0.15, 0.2) is 60.8 Å². The number of ether oxygens (including phenoxy) is 1. The Morgan fingerprint density at radius 3 is 2.33 bits per heavy atom. The first-order valence-corrected chi connectivity index (χ1v) is 10.2. The Morgan fingerprint density at radius 2 is 1.60 bits per heavy atom. The van der Waals surface area contributed by atoms with Gasteiger partial charge in [0.1, 0.15) is 5.60 Å². The van der Waals surface area contributed by atoms with Crippen molar-refractivity contribution in [2.24, 2.45) is 0 Å². The molecule has 2 aromatic carbocycles. The van der Waals surface area contributed by atoms with Crippen molar-refractivity contribution in [3.63, 3.8) is 0 Å². The third-order valence-electron chi connectivity index (χ3n) is 4.54. The maximum absolute atomic E-state index is 12.8. The largest absolute Gasteiger partial charge is 0.444 e. The van der Waals surface area contributed by atoms with E-state index in [1.54, 1.807) is 0 Å². The molecule has 3 rings (SSSR count). The third-order valence-corrected chi connectivity index (χ3v) is 4.54. The van der Waals surface area contributed by atoms with Gasteiger partial charge in [-0.1, -0.05) is 48.5 Å². The van der Waals surface area contributed by atoms with E-state index in [0.29, 0.717) is 31.6 Å². The molecule has 0 aliphatic heterocycles. The molecule has 2 amide bonds. The Balaban J connectivity index is 1.58. The van der Waals surface area contributed by atoms with Crippen LogP contribution in [0, 0.1) is 0 Å². The number of amides is 2. The van der Waals surface area contributed by atoms with Crippen LogP contribution in [0.4, 0.5) is 4.79 Å². The normalized spacial score (nSPS) is 11.3. The van der Waals surface area contributed by atoms with E-state index in [0.717, 1.165) is 10.9 Å². The standard InChI is InChI=1S/C24H29N3O3/c1-24(2,3)30-23(29)26-15-9-14-25-22(28)20-17-27(16-18-10-5-4-6-11-18)21-13-8-7-12-19(20)21/h4-8,10-13,17H,9,14-16H2,1-3H3,(H,25,28)(H,26,29). The summed E-state index contributed by atoms with van der Waals surface area (Å²) in [5.41, 5.74) is 2.34. The first-order chi connectivity index (χ1) is 14.3. The van der Waals surface area contributed by atoms with E-state index < -0.39 is 11.7 Å². The zero-order chi connectivity index (χ0) is 21.6. The van der Waals surface area contributed by atoms with Gasteiger partial charge in [-0.25, -0.2) is 4.79 Å². The van der Waals surface area contributed by atoms with Gasteiger partial charge in [0.2, 0.25) is 0 Å². The Labute approximate surface area is 177 Å². The summed E-state index contributed by atoms with van der Waals surface area (Å²) in [5.74, 6) is -0.115.